The lowest BCUT2D eigenvalue weighted by atomic mass is 9.94. The number of nitrogens with zero attached hydrogens (tertiary/aromatic N) is 2. The highest BCUT2D eigenvalue weighted by molar-refractivity contribution is 6.34. The second-order valence-corrected chi connectivity index (χ2v) is 8.68. The maximum absolute atomic E-state index is 12.5. The summed E-state index contributed by atoms with van der Waals surface area (Å²) in [6.45, 7) is 9.07. The molecule has 29 heavy (non-hydrogen) atoms. The predicted octanol–water partition coefficient (Wildman–Crippen LogP) is 3.87. The number of nitrogens with one attached hydrogen (secondary N) is 1. The Hall–Kier alpha value is -3.08. The second kappa shape index (κ2) is 7.39. The van der Waals surface area contributed by atoms with Crippen molar-refractivity contribution >= 4 is 34.8 Å². The van der Waals surface area contributed by atoms with E-state index in [0.717, 1.165) is 48.7 Å². The first-order chi connectivity index (χ1) is 13.8. The highest BCUT2D eigenvalue weighted by atomic mass is 16.2. The summed E-state index contributed by atoms with van der Waals surface area (Å²) in [5, 5.41) is 2.91. The molecule has 0 aliphatic carbocycles. The smallest absolute Gasteiger partial charge is 0.256 e. The van der Waals surface area contributed by atoms with E-state index < -0.39 is 0 Å². The molecule has 2 heterocycles. The van der Waals surface area contributed by atoms with Gasteiger partial charge in [-0.05, 0) is 29.8 Å². The Morgan fingerprint density at radius 3 is 2.28 bits per heavy atom. The Bertz CT molecular complexity index is 962. The van der Waals surface area contributed by atoms with E-state index in [2.05, 4.69) is 22.3 Å². The molecule has 0 atom stereocenters. The fourth-order valence-electron chi connectivity index (χ4n) is 3.87. The second-order valence-electron chi connectivity index (χ2n) is 8.68. The molecule has 0 spiro atoms. The van der Waals surface area contributed by atoms with E-state index in [-0.39, 0.29) is 17.2 Å². The average Bonchev–Trinajstić information content (AvgIpc) is 3.03. The standard InChI is InChI=1S/C24H27N3O2/c1-24(2,3)23(29)27-14-12-26(13-15-27)18-10-8-17(9-11-18)16-20-19-6-4-5-7-21(19)25-22(20)28/h4-11,16H,12-15H2,1-3H3,(H,25,28). The van der Waals surface area contributed by atoms with Crippen molar-refractivity contribution < 1.29 is 9.59 Å². The molecular weight excluding hydrogens is 362 g/mol. The van der Waals surface area contributed by atoms with Gasteiger partial charge in [-0.1, -0.05) is 51.1 Å². The minimum atomic E-state index is -0.331. The Morgan fingerprint density at radius 2 is 1.62 bits per heavy atom. The lowest BCUT2D eigenvalue weighted by Gasteiger charge is -2.38. The van der Waals surface area contributed by atoms with Gasteiger partial charge in [-0.3, -0.25) is 9.59 Å². The molecule has 2 aliphatic rings. The molecule has 0 radical (unpaired) electrons. The van der Waals surface area contributed by atoms with Crippen LogP contribution in [0.2, 0.25) is 0 Å². The molecular formula is C24H27N3O2. The third kappa shape index (κ3) is 3.90. The zero-order valence-electron chi connectivity index (χ0n) is 17.2. The molecule has 2 amide bonds. The Morgan fingerprint density at radius 1 is 0.966 bits per heavy atom. The monoisotopic (exact) mass is 389 g/mol. The minimum Gasteiger partial charge on any atom is -0.368 e. The number of para-hydroxylation sites is 1. The van der Waals surface area contributed by atoms with Gasteiger partial charge in [0.25, 0.3) is 5.91 Å². The van der Waals surface area contributed by atoms with E-state index in [4.69, 9.17) is 0 Å². The van der Waals surface area contributed by atoms with Gasteiger partial charge in [-0.2, -0.15) is 0 Å². The Balaban J connectivity index is 1.45. The van der Waals surface area contributed by atoms with Crippen LogP contribution in [-0.4, -0.2) is 42.9 Å². The normalized spacial score (nSPS) is 18.0. The molecule has 2 aliphatic heterocycles. The number of amides is 2. The molecule has 1 saturated heterocycles. The molecule has 1 fully saturated rings. The number of hydrogen-bond acceptors (Lipinski definition) is 3. The molecule has 1 N–H and O–H groups in total. The molecule has 2 aromatic rings. The molecule has 4 rings (SSSR count). The van der Waals surface area contributed by atoms with Gasteiger partial charge in [0.1, 0.15) is 0 Å². The zero-order chi connectivity index (χ0) is 20.6. The zero-order valence-corrected chi connectivity index (χ0v) is 17.2. The average molecular weight is 389 g/mol. The molecule has 2 aromatic carbocycles. The van der Waals surface area contributed by atoms with E-state index in [1.807, 2.05) is 68.1 Å². The topological polar surface area (TPSA) is 52.7 Å². The summed E-state index contributed by atoms with van der Waals surface area (Å²) in [7, 11) is 0. The third-order valence-electron chi connectivity index (χ3n) is 5.49. The number of carbonyl (C=O) groups is 2. The van der Waals surface area contributed by atoms with Crippen molar-refractivity contribution in [2.75, 3.05) is 36.4 Å². The molecule has 150 valence electrons. The van der Waals surface area contributed by atoms with Crippen LogP contribution in [0.1, 0.15) is 31.9 Å². The first kappa shape index (κ1) is 19.2. The molecule has 0 bridgehead atoms. The molecule has 0 saturated carbocycles. The minimum absolute atomic E-state index is 0.0603. The van der Waals surface area contributed by atoms with E-state index in [1.54, 1.807) is 0 Å². The van der Waals surface area contributed by atoms with Crippen LogP contribution in [0.15, 0.2) is 48.5 Å². The van der Waals surface area contributed by atoms with Crippen molar-refractivity contribution in [3.63, 3.8) is 0 Å². The molecule has 0 unspecified atom stereocenters. The fourth-order valence-corrected chi connectivity index (χ4v) is 3.87. The largest absolute Gasteiger partial charge is 0.368 e. The Kier molecular flexibility index (Phi) is 4.91. The van der Waals surface area contributed by atoms with Crippen LogP contribution in [0, 0.1) is 5.41 Å². The summed E-state index contributed by atoms with van der Waals surface area (Å²) in [5.74, 6) is 0.157. The van der Waals surface area contributed by atoms with Crippen molar-refractivity contribution in [1.82, 2.24) is 4.90 Å². The summed E-state index contributed by atoms with van der Waals surface area (Å²) in [4.78, 5) is 29.0. The van der Waals surface area contributed by atoms with Crippen LogP contribution in [0.4, 0.5) is 11.4 Å². The van der Waals surface area contributed by atoms with Gasteiger partial charge in [0.2, 0.25) is 5.91 Å². The summed E-state index contributed by atoms with van der Waals surface area (Å²) in [6, 6.07) is 16.0. The molecule has 5 heteroatoms. The quantitative estimate of drug-likeness (QED) is 0.793. The van der Waals surface area contributed by atoms with Crippen molar-refractivity contribution in [2.45, 2.75) is 20.8 Å². The Labute approximate surface area is 172 Å². The first-order valence-electron chi connectivity index (χ1n) is 10.1. The highest BCUT2D eigenvalue weighted by Gasteiger charge is 2.29. The third-order valence-corrected chi connectivity index (χ3v) is 5.49. The van der Waals surface area contributed by atoms with E-state index >= 15 is 0 Å². The first-order valence-corrected chi connectivity index (χ1v) is 10.1. The van der Waals surface area contributed by atoms with E-state index in [9.17, 15) is 9.59 Å². The number of carbonyl (C=O) groups excluding carboxylic acids is 2. The van der Waals surface area contributed by atoms with Gasteiger partial charge in [0, 0.05) is 54.1 Å². The summed E-state index contributed by atoms with van der Waals surface area (Å²) in [6.07, 6.45) is 1.94. The summed E-state index contributed by atoms with van der Waals surface area (Å²) >= 11 is 0. The predicted molar refractivity (Wildman–Crippen MR) is 118 cm³/mol. The van der Waals surface area contributed by atoms with Crippen LogP contribution in [-0.2, 0) is 9.59 Å². The van der Waals surface area contributed by atoms with Crippen molar-refractivity contribution in [3.05, 3.63) is 59.7 Å². The lowest BCUT2D eigenvalue weighted by Crippen LogP contribution is -2.51. The van der Waals surface area contributed by atoms with Crippen LogP contribution < -0.4 is 10.2 Å². The number of hydrogen-bond donors (Lipinski definition) is 1. The SMILES string of the molecule is CC(C)(C)C(=O)N1CCN(c2ccc(C=C3C(=O)Nc4ccccc43)cc2)CC1. The number of anilines is 2. The van der Waals surface area contributed by atoms with Gasteiger partial charge in [0.05, 0.1) is 0 Å². The van der Waals surface area contributed by atoms with Gasteiger partial charge in [-0.15, -0.1) is 0 Å². The van der Waals surface area contributed by atoms with Crippen molar-refractivity contribution in [1.29, 1.82) is 0 Å². The van der Waals surface area contributed by atoms with Crippen molar-refractivity contribution in [2.24, 2.45) is 5.41 Å². The van der Waals surface area contributed by atoms with Gasteiger partial charge in [-0.25, -0.2) is 0 Å². The highest BCUT2D eigenvalue weighted by Crippen LogP contribution is 2.33. The fraction of sp³-hybridized carbons (Fsp3) is 0.333. The van der Waals surface area contributed by atoms with Crippen LogP contribution in [0.3, 0.4) is 0 Å². The number of benzene rings is 2. The maximum Gasteiger partial charge on any atom is 0.256 e. The maximum atomic E-state index is 12.5. The van der Waals surface area contributed by atoms with Crippen LogP contribution >= 0.6 is 0 Å². The molecule has 5 nitrogen and oxygen atoms in total. The van der Waals surface area contributed by atoms with Crippen molar-refractivity contribution in [3.8, 4) is 0 Å². The van der Waals surface area contributed by atoms with E-state index in [0.29, 0.717) is 5.57 Å². The van der Waals surface area contributed by atoms with Crippen LogP contribution in [0.5, 0.6) is 0 Å². The molecule has 0 aromatic heterocycles. The lowest BCUT2D eigenvalue weighted by molar-refractivity contribution is -0.139. The van der Waals surface area contributed by atoms with Gasteiger partial charge >= 0.3 is 0 Å². The van der Waals surface area contributed by atoms with Gasteiger partial charge < -0.3 is 15.1 Å². The van der Waals surface area contributed by atoms with Gasteiger partial charge in [0.15, 0.2) is 0 Å². The number of rotatable bonds is 2. The van der Waals surface area contributed by atoms with E-state index in [1.165, 1.54) is 0 Å². The summed E-state index contributed by atoms with van der Waals surface area (Å²) < 4.78 is 0. The number of fused-ring (bicyclic) bond motifs is 1. The summed E-state index contributed by atoms with van der Waals surface area (Å²) in [5.41, 5.74) is 4.32. The van der Waals surface area contributed by atoms with Crippen LogP contribution in [0.25, 0.3) is 11.6 Å². The number of piperazine rings is 1.